The monoisotopic (exact) mass is 275 g/mol. The fourth-order valence-corrected chi connectivity index (χ4v) is 4.61. The van der Waals surface area contributed by atoms with E-state index in [0.717, 1.165) is 32.6 Å². The lowest BCUT2D eigenvalue weighted by Crippen LogP contribution is -2.51. The van der Waals surface area contributed by atoms with Gasteiger partial charge >= 0.3 is 0 Å². The first-order valence-corrected chi connectivity index (χ1v) is 8.42. The Labute approximate surface area is 111 Å². The van der Waals surface area contributed by atoms with Gasteiger partial charge < -0.3 is 10.2 Å². The molecular weight excluding hydrogens is 250 g/mol. The van der Waals surface area contributed by atoms with E-state index in [-0.39, 0.29) is 5.25 Å². The first kappa shape index (κ1) is 14.2. The molecule has 0 aliphatic carbocycles. The van der Waals surface area contributed by atoms with Gasteiger partial charge in [0.2, 0.25) is 10.0 Å². The van der Waals surface area contributed by atoms with E-state index in [1.807, 2.05) is 0 Å². The molecule has 0 spiro atoms. The molecule has 2 aliphatic rings. The van der Waals surface area contributed by atoms with Crippen molar-refractivity contribution >= 4 is 10.0 Å². The number of nitrogens with zero attached hydrogens (tertiary/aromatic N) is 2. The summed E-state index contributed by atoms with van der Waals surface area (Å²) in [7, 11) is -3.07. The highest BCUT2D eigenvalue weighted by Gasteiger charge is 2.35. The molecule has 2 rings (SSSR count). The van der Waals surface area contributed by atoms with Crippen LogP contribution in [0.15, 0.2) is 0 Å². The Morgan fingerprint density at radius 2 is 1.89 bits per heavy atom. The van der Waals surface area contributed by atoms with E-state index in [4.69, 9.17) is 0 Å². The van der Waals surface area contributed by atoms with Crippen LogP contribution >= 0.6 is 0 Å². The molecule has 2 heterocycles. The maximum atomic E-state index is 12.4. The number of sulfonamides is 1. The van der Waals surface area contributed by atoms with Crippen molar-refractivity contribution in [3.63, 3.8) is 0 Å². The molecule has 0 bridgehead atoms. The van der Waals surface area contributed by atoms with Crippen LogP contribution in [-0.4, -0.2) is 68.7 Å². The summed E-state index contributed by atoms with van der Waals surface area (Å²) in [5, 5.41) is 2.94. The highest BCUT2D eigenvalue weighted by Crippen LogP contribution is 2.17. The van der Waals surface area contributed by atoms with Crippen molar-refractivity contribution in [3.05, 3.63) is 0 Å². The Bertz CT molecular complexity index is 356. The summed E-state index contributed by atoms with van der Waals surface area (Å²) in [4.78, 5) is 2.36. The molecule has 18 heavy (non-hydrogen) atoms. The summed E-state index contributed by atoms with van der Waals surface area (Å²) >= 11 is 0. The van der Waals surface area contributed by atoms with Crippen molar-refractivity contribution in [1.82, 2.24) is 14.5 Å². The molecule has 106 valence electrons. The van der Waals surface area contributed by atoms with Crippen molar-refractivity contribution in [2.75, 3.05) is 45.8 Å². The van der Waals surface area contributed by atoms with Crippen LogP contribution in [0.4, 0.5) is 0 Å². The Kier molecular flexibility index (Phi) is 4.64. The number of hydrogen-bond donors (Lipinski definition) is 1. The highest BCUT2D eigenvalue weighted by molar-refractivity contribution is 7.89. The summed E-state index contributed by atoms with van der Waals surface area (Å²) in [6, 6.07) is 0. The molecule has 2 fully saturated rings. The molecule has 6 heteroatoms. The van der Waals surface area contributed by atoms with Gasteiger partial charge in [0.25, 0.3) is 0 Å². The van der Waals surface area contributed by atoms with Crippen LogP contribution in [0.3, 0.4) is 0 Å². The molecule has 0 amide bonds. The SMILES string of the molecule is CC(C)CN1CCN(S(=O)(=O)C2CCNC2)CC1. The lowest BCUT2D eigenvalue weighted by Gasteiger charge is -2.35. The molecular formula is C12H25N3O2S. The second kappa shape index (κ2) is 5.86. The van der Waals surface area contributed by atoms with E-state index < -0.39 is 10.0 Å². The van der Waals surface area contributed by atoms with Crippen molar-refractivity contribution in [2.24, 2.45) is 5.92 Å². The van der Waals surface area contributed by atoms with Crippen LogP contribution in [0.5, 0.6) is 0 Å². The fourth-order valence-electron chi connectivity index (χ4n) is 2.78. The molecule has 2 saturated heterocycles. The van der Waals surface area contributed by atoms with Gasteiger partial charge in [-0.05, 0) is 18.9 Å². The second-order valence-electron chi connectivity index (χ2n) is 5.75. The molecule has 0 radical (unpaired) electrons. The predicted octanol–water partition coefficient (Wildman–Crippen LogP) is -0.0483. The lowest BCUT2D eigenvalue weighted by molar-refractivity contribution is 0.171. The first-order chi connectivity index (χ1) is 8.50. The topological polar surface area (TPSA) is 52.7 Å². The summed E-state index contributed by atoms with van der Waals surface area (Å²) < 4.78 is 26.5. The number of piperazine rings is 1. The van der Waals surface area contributed by atoms with Gasteiger partial charge in [-0.25, -0.2) is 8.42 Å². The molecule has 2 aliphatic heterocycles. The Morgan fingerprint density at radius 3 is 2.39 bits per heavy atom. The van der Waals surface area contributed by atoms with Gasteiger partial charge in [0, 0.05) is 39.3 Å². The minimum Gasteiger partial charge on any atom is -0.315 e. The zero-order chi connectivity index (χ0) is 13.2. The van der Waals surface area contributed by atoms with Gasteiger partial charge in [0.05, 0.1) is 5.25 Å². The predicted molar refractivity (Wildman–Crippen MR) is 73.0 cm³/mol. The normalized spacial score (nSPS) is 28.1. The standard InChI is InChI=1S/C12H25N3O2S/c1-11(2)10-14-5-7-15(8-6-14)18(16,17)12-3-4-13-9-12/h11-13H,3-10H2,1-2H3. The smallest absolute Gasteiger partial charge is 0.218 e. The van der Waals surface area contributed by atoms with Crippen LogP contribution in [0.1, 0.15) is 20.3 Å². The molecule has 5 nitrogen and oxygen atoms in total. The molecule has 0 aromatic carbocycles. The Balaban J connectivity index is 1.89. The van der Waals surface area contributed by atoms with Gasteiger partial charge in [0.1, 0.15) is 0 Å². The van der Waals surface area contributed by atoms with Crippen molar-refractivity contribution in [3.8, 4) is 0 Å². The third-order valence-electron chi connectivity index (χ3n) is 3.75. The van der Waals surface area contributed by atoms with Gasteiger partial charge in [-0.3, -0.25) is 0 Å². The first-order valence-electron chi connectivity index (χ1n) is 6.92. The maximum absolute atomic E-state index is 12.4. The summed E-state index contributed by atoms with van der Waals surface area (Å²) in [5.74, 6) is 0.646. The lowest BCUT2D eigenvalue weighted by atomic mass is 10.2. The van der Waals surface area contributed by atoms with Crippen LogP contribution in [0.2, 0.25) is 0 Å². The largest absolute Gasteiger partial charge is 0.315 e. The van der Waals surface area contributed by atoms with Crippen molar-refractivity contribution in [2.45, 2.75) is 25.5 Å². The molecule has 1 N–H and O–H groups in total. The van der Waals surface area contributed by atoms with E-state index in [1.165, 1.54) is 0 Å². The van der Waals surface area contributed by atoms with E-state index >= 15 is 0 Å². The van der Waals surface area contributed by atoms with Gasteiger partial charge in [-0.2, -0.15) is 4.31 Å². The maximum Gasteiger partial charge on any atom is 0.218 e. The third kappa shape index (κ3) is 3.23. The third-order valence-corrected chi connectivity index (χ3v) is 6.08. The fraction of sp³-hybridized carbons (Fsp3) is 1.00. The van der Waals surface area contributed by atoms with E-state index in [2.05, 4.69) is 24.1 Å². The van der Waals surface area contributed by atoms with Gasteiger partial charge in [0.15, 0.2) is 0 Å². The molecule has 1 unspecified atom stereocenters. The van der Waals surface area contributed by atoms with Gasteiger partial charge in [-0.15, -0.1) is 0 Å². The van der Waals surface area contributed by atoms with E-state index in [0.29, 0.717) is 25.6 Å². The average molecular weight is 275 g/mol. The molecule has 1 atom stereocenters. The van der Waals surface area contributed by atoms with Crippen LogP contribution in [-0.2, 0) is 10.0 Å². The number of hydrogen-bond acceptors (Lipinski definition) is 4. The zero-order valence-electron chi connectivity index (χ0n) is 11.4. The van der Waals surface area contributed by atoms with E-state index in [9.17, 15) is 8.42 Å². The zero-order valence-corrected chi connectivity index (χ0v) is 12.2. The number of nitrogens with one attached hydrogen (secondary N) is 1. The quantitative estimate of drug-likeness (QED) is 0.782. The van der Waals surface area contributed by atoms with Gasteiger partial charge in [-0.1, -0.05) is 13.8 Å². The summed E-state index contributed by atoms with van der Waals surface area (Å²) in [6.07, 6.45) is 0.758. The van der Waals surface area contributed by atoms with Crippen LogP contribution < -0.4 is 5.32 Å². The minimum atomic E-state index is -3.07. The van der Waals surface area contributed by atoms with Crippen LogP contribution in [0, 0.1) is 5.92 Å². The van der Waals surface area contributed by atoms with Crippen molar-refractivity contribution < 1.29 is 8.42 Å². The Morgan fingerprint density at radius 1 is 1.22 bits per heavy atom. The average Bonchev–Trinajstić information content (AvgIpc) is 2.83. The minimum absolute atomic E-state index is 0.200. The highest BCUT2D eigenvalue weighted by atomic mass is 32.2. The Hall–Kier alpha value is -0.170. The van der Waals surface area contributed by atoms with Crippen LogP contribution in [0.25, 0.3) is 0 Å². The second-order valence-corrected chi connectivity index (χ2v) is 7.97. The van der Waals surface area contributed by atoms with Crippen molar-refractivity contribution in [1.29, 1.82) is 0 Å². The molecule has 0 saturated carbocycles. The van der Waals surface area contributed by atoms with E-state index in [1.54, 1.807) is 4.31 Å². The summed E-state index contributed by atoms with van der Waals surface area (Å²) in [5.41, 5.74) is 0. The molecule has 0 aromatic rings. The summed E-state index contributed by atoms with van der Waals surface area (Å²) in [6.45, 7) is 9.98. The molecule has 0 aromatic heterocycles. The number of rotatable bonds is 4.